The van der Waals surface area contributed by atoms with Gasteiger partial charge in [0.15, 0.2) is 0 Å². The van der Waals surface area contributed by atoms with Gasteiger partial charge in [-0.25, -0.2) is 0 Å². The molecule has 164 valence electrons. The van der Waals surface area contributed by atoms with Crippen LogP contribution < -0.4 is 15.5 Å². The first-order valence-corrected chi connectivity index (χ1v) is 11.2. The van der Waals surface area contributed by atoms with Crippen LogP contribution in [0.4, 0.5) is 11.4 Å². The lowest BCUT2D eigenvalue weighted by molar-refractivity contribution is 0.0982. The van der Waals surface area contributed by atoms with E-state index in [1.165, 1.54) is 0 Å². The monoisotopic (exact) mass is 467 g/mol. The van der Waals surface area contributed by atoms with Gasteiger partial charge in [-0.1, -0.05) is 53.5 Å². The molecule has 0 aliphatic carbocycles. The summed E-state index contributed by atoms with van der Waals surface area (Å²) in [5.74, 6) is -0.492. The zero-order valence-electron chi connectivity index (χ0n) is 17.5. The van der Waals surface area contributed by atoms with Crippen LogP contribution in [0.3, 0.4) is 0 Å². The van der Waals surface area contributed by atoms with Crippen LogP contribution in [-0.2, 0) is 0 Å². The van der Waals surface area contributed by atoms with Crippen molar-refractivity contribution in [3.63, 3.8) is 0 Å². The molecular weight excluding hydrogens is 445 g/mol. The number of anilines is 2. The molecule has 0 aromatic heterocycles. The quantitative estimate of drug-likeness (QED) is 0.373. The molecule has 0 radical (unpaired) electrons. The fourth-order valence-corrected chi connectivity index (χ4v) is 4.50. The third-order valence-electron chi connectivity index (χ3n) is 5.62. The van der Waals surface area contributed by atoms with E-state index >= 15 is 0 Å². The Labute approximate surface area is 197 Å². The van der Waals surface area contributed by atoms with Gasteiger partial charge in [0.1, 0.15) is 5.50 Å². The molecule has 3 aromatic carbocycles. The van der Waals surface area contributed by atoms with Crippen molar-refractivity contribution in [1.29, 1.82) is 0 Å². The van der Waals surface area contributed by atoms with Gasteiger partial charge in [-0.05, 0) is 67.9 Å². The average Bonchev–Trinajstić information content (AvgIpc) is 2.95. The van der Waals surface area contributed by atoms with E-state index in [0.717, 1.165) is 17.7 Å². The van der Waals surface area contributed by atoms with Gasteiger partial charge in [0, 0.05) is 17.3 Å². The molecule has 3 aromatic rings. The normalized spacial score (nSPS) is 17.9. The molecule has 0 spiro atoms. The van der Waals surface area contributed by atoms with Crippen molar-refractivity contribution in [2.75, 3.05) is 17.3 Å². The molecule has 2 amide bonds. The molecular formula is C25H23Cl2N3O2. The zero-order chi connectivity index (χ0) is 22.7. The van der Waals surface area contributed by atoms with Crippen LogP contribution in [0.15, 0.2) is 72.8 Å². The van der Waals surface area contributed by atoms with Gasteiger partial charge in [-0.3, -0.25) is 14.5 Å². The number of para-hydroxylation sites is 1. The summed E-state index contributed by atoms with van der Waals surface area (Å²) in [6.07, 6.45) is 1.50. The minimum absolute atomic E-state index is 0.132. The van der Waals surface area contributed by atoms with Crippen LogP contribution in [-0.4, -0.2) is 24.4 Å². The Morgan fingerprint density at radius 2 is 1.62 bits per heavy atom. The summed E-state index contributed by atoms with van der Waals surface area (Å²) in [6.45, 7) is 0. The second kappa shape index (κ2) is 9.74. The van der Waals surface area contributed by atoms with Crippen molar-refractivity contribution in [3.05, 3.63) is 94.5 Å². The highest BCUT2D eigenvalue weighted by Gasteiger charge is 2.32. The van der Waals surface area contributed by atoms with Gasteiger partial charge in [-0.15, -0.1) is 0 Å². The third-order valence-corrected chi connectivity index (χ3v) is 6.36. The van der Waals surface area contributed by atoms with E-state index in [2.05, 4.69) is 10.6 Å². The zero-order valence-corrected chi connectivity index (χ0v) is 19.0. The molecule has 1 heterocycles. The molecule has 1 aliphatic rings. The van der Waals surface area contributed by atoms with E-state index in [-0.39, 0.29) is 17.9 Å². The summed E-state index contributed by atoms with van der Waals surface area (Å²) < 4.78 is 0. The van der Waals surface area contributed by atoms with Gasteiger partial charge in [0.2, 0.25) is 0 Å². The molecule has 2 atom stereocenters. The van der Waals surface area contributed by atoms with E-state index in [9.17, 15) is 9.59 Å². The molecule has 0 bridgehead atoms. The largest absolute Gasteiger partial charge is 0.322 e. The first-order chi connectivity index (χ1) is 15.5. The number of hydrogen-bond acceptors (Lipinski definition) is 3. The van der Waals surface area contributed by atoms with Crippen LogP contribution in [0.25, 0.3) is 0 Å². The lowest BCUT2D eigenvalue weighted by Gasteiger charge is -2.27. The smallest absolute Gasteiger partial charge is 0.259 e. The second-order valence-electron chi connectivity index (χ2n) is 7.60. The Morgan fingerprint density at radius 3 is 2.34 bits per heavy atom. The van der Waals surface area contributed by atoms with Crippen molar-refractivity contribution in [3.8, 4) is 0 Å². The van der Waals surface area contributed by atoms with Crippen LogP contribution in [0.2, 0.25) is 5.02 Å². The molecule has 0 saturated carbocycles. The number of carbonyl (C=O) groups is 2. The number of hydrogen-bond donors (Lipinski definition) is 2. The number of amides is 2. The van der Waals surface area contributed by atoms with Crippen LogP contribution in [0.1, 0.15) is 45.2 Å². The molecule has 5 nitrogen and oxygen atoms in total. The van der Waals surface area contributed by atoms with Crippen molar-refractivity contribution in [2.45, 2.75) is 24.4 Å². The average molecular weight is 468 g/mol. The summed E-state index contributed by atoms with van der Waals surface area (Å²) >= 11 is 12.8. The maximum atomic E-state index is 13.4. The molecule has 1 aliphatic heterocycles. The topological polar surface area (TPSA) is 61.4 Å². The maximum Gasteiger partial charge on any atom is 0.259 e. The van der Waals surface area contributed by atoms with Gasteiger partial charge >= 0.3 is 0 Å². The van der Waals surface area contributed by atoms with E-state index in [4.69, 9.17) is 23.2 Å². The van der Waals surface area contributed by atoms with E-state index < -0.39 is 5.50 Å². The molecule has 7 heteroatoms. The summed E-state index contributed by atoms with van der Waals surface area (Å²) in [6, 6.07) is 21.6. The Balaban J connectivity index is 1.57. The first-order valence-electron chi connectivity index (χ1n) is 10.4. The lowest BCUT2D eigenvalue weighted by Crippen LogP contribution is -2.37. The number of benzene rings is 3. The number of alkyl halides is 1. The Morgan fingerprint density at radius 1 is 0.938 bits per heavy atom. The third kappa shape index (κ3) is 4.51. The van der Waals surface area contributed by atoms with Crippen molar-refractivity contribution in [2.24, 2.45) is 0 Å². The molecule has 4 rings (SSSR count). The molecule has 32 heavy (non-hydrogen) atoms. The van der Waals surface area contributed by atoms with E-state index in [0.29, 0.717) is 28.3 Å². The highest BCUT2D eigenvalue weighted by molar-refractivity contribution is 6.34. The fourth-order valence-electron chi connectivity index (χ4n) is 3.96. The molecule has 0 saturated heterocycles. The van der Waals surface area contributed by atoms with Gasteiger partial charge in [0.05, 0.1) is 16.3 Å². The lowest BCUT2D eigenvalue weighted by atomic mass is 10.0. The Kier molecular flexibility index (Phi) is 6.80. The molecule has 2 unspecified atom stereocenters. The first kappa shape index (κ1) is 22.3. The van der Waals surface area contributed by atoms with E-state index in [1.807, 2.05) is 31.3 Å². The minimum atomic E-state index is -0.457. The minimum Gasteiger partial charge on any atom is -0.322 e. The van der Waals surface area contributed by atoms with Crippen molar-refractivity contribution < 1.29 is 9.59 Å². The SMILES string of the molecule is CNC1CCC(Cl)N(C(=O)c2ccc(NC(=O)c3ccccc3Cl)cc2)c2ccccc21. The highest BCUT2D eigenvalue weighted by atomic mass is 35.5. The van der Waals surface area contributed by atoms with Crippen LogP contribution >= 0.6 is 23.2 Å². The summed E-state index contributed by atoms with van der Waals surface area (Å²) in [4.78, 5) is 27.6. The molecule has 2 N–H and O–H groups in total. The number of fused-ring (bicyclic) bond motifs is 1. The van der Waals surface area contributed by atoms with Crippen LogP contribution in [0.5, 0.6) is 0 Å². The Hall–Kier alpha value is -2.86. The maximum absolute atomic E-state index is 13.4. The number of nitrogens with zero attached hydrogens (tertiary/aromatic N) is 1. The fraction of sp³-hybridized carbons (Fsp3) is 0.200. The highest BCUT2D eigenvalue weighted by Crippen LogP contribution is 2.37. The Bertz CT molecular complexity index is 1130. The summed E-state index contributed by atoms with van der Waals surface area (Å²) in [7, 11) is 1.91. The number of nitrogens with one attached hydrogen (secondary N) is 2. The molecule has 0 fully saturated rings. The standard InChI is InChI=1S/C25H23Cl2N3O2/c1-28-21-14-15-23(27)30(22-9-5-3-7-19(21)22)25(32)16-10-12-17(13-11-16)29-24(31)18-6-2-4-8-20(18)26/h2-13,21,23,28H,14-15H2,1H3,(H,29,31). The van der Waals surface area contributed by atoms with Crippen LogP contribution in [0, 0.1) is 0 Å². The summed E-state index contributed by atoms with van der Waals surface area (Å²) in [5.41, 5.74) is 2.85. The van der Waals surface area contributed by atoms with Gasteiger partial charge in [0.25, 0.3) is 11.8 Å². The van der Waals surface area contributed by atoms with Crippen molar-refractivity contribution in [1.82, 2.24) is 5.32 Å². The predicted octanol–water partition coefficient (Wildman–Crippen LogP) is 5.86. The second-order valence-corrected chi connectivity index (χ2v) is 8.51. The van der Waals surface area contributed by atoms with Crippen molar-refractivity contribution >= 4 is 46.4 Å². The summed E-state index contributed by atoms with van der Waals surface area (Å²) in [5, 5.41) is 6.51. The number of halogens is 2. The number of rotatable bonds is 4. The van der Waals surface area contributed by atoms with Gasteiger partial charge < -0.3 is 10.6 Å². The number of carbonyl (C=O) groups excluding carboxylic acids is 2. The van der Waals surface area contributed by atoms with Gasteiger partial charge in [-0.2, -0.15) is 0 Å². The predicted molar refractivity (Wildman–Crippen MR) is 130 cm³/mol. The van der Waals surface area contributed by atoms with E-state index in [1.54, 1.807) is 53.4 Å².